The Hall–Kier alpha value is -2.68. The molecule has 1 spiro atoms. The molecule has 5 rings (SSSR count). The first-order valence-corrected chi connectivity index (χ1v) is 13.4. The molecular weight excluding hydrogens is 496 g/mol. The molecule has 0 saturated carbocycles. The molecule has 1 aromatic rings. The van der Waals surface area contributed by atoms with E-state index in [-0.39, 0.29) is 38.1 Å². The molecule has 8 nitrogen and oxygen atoms in total. The van der Waals surface area contributed by atoms with Crippen LogP contribution in [0, 0.1) is 11.8 Å². The summed E-state index contributed by atoms with van der Waals surface area (Å²) in [5, 5.41) is 9.90. The number of benzene rings is 1. The van der Waals surface area contributed by atoms with Gasteiger partial charge < -0.3 is 24.4 Å². The van der Waals surface area contributed by atoms with Crippen LogP contribution in [0.2, 0.25) is 5.02 Å². The second-order valence-corrected chi connectivity index (χ2v) is 10.8. The summed E-state index contributed by atoms with van der Waals surface area (Å²) in [4.78, 5) is 45.0. The van der Waals surface area contributed by atoms with Crippen molar-refractivity contribution in [1.29, 1.82) is 0 Å². The minimum atomic E-state index is -1.33. The summed E-state index contributed by atoms with van der Waals surface area (Å²) in [6, 6.07) is 6.02. The van der Waals surface area contributed by atoms with Gasteiger partial charge in [-0.25, -0.2) is 0 Å². The summed E-state index contributed by atoms with van der Waals surface area (Å²) in [5.41, 5.74) is -1.78. The fraction of sp³-hybridized carbons (Fsp3) is 0.536. The van der Waals surface area contributed by atoms with Crippen molar-refractivity contribution in [2.24, 2.45) is 11.8 Å². The highest BCUT2D eigenvalue weighted by Crippen LogP contribution is 2.57. The van der Waals surface area contributed by atoms with Crippen LogP contribution in [0.3, 0.4) is 0 Å². The maximum Gasteiger partial charge on any atom is 0.313 e. The second kappa shape index (κ2) is 10.2. The van der Waals surface area contributed by atoms with E-state index in [1.807, 2.05) is 31.2 Å². The van der Waals surface area contributed by atoms with E-state index in [4.69, 9.17) is 21.1 Å². The van der Waals surface area contributed by atoms with E-state index in [9.17, 15) is 19.5 Å². The fourth-order valence-electron chi connectivity index (χ4n) is 6.28. The second-order valence-electron chi connectivity index (χ2n) is 10.4. The summed E-state index contributed by atoms with van der Waals surface area (Å²) in [6.07, 6.45) is 11.0. The first kappa shape index (κ1) is 25.9. The molecule has 198 valence electrons. The van der Waals surface area contributed by atoms with Crippen LogP contribution in [0.15, 0.2) is 48.6 Å². The number of fused-ring (bicyclic) bond motifs is 2. The van der Waals surface area contributed by atoms with Crippen LogP contribution in [0.4, 0.5) is 5.69 Å². The number of aliphatic hydroxyl groups excluding tert-OH is 1. The molecule has 0 radical (unpaired) electrons. The van der Waals surface area contributed by atoms with Gasteiger partial charge in [-0.1, -0.05) is 35.9 Å². The fourth-order valence-corrected chi connectivity index (χ4v) is 6.41. The number of halogens is 1. The summed E-state index contributed by atoms with van der Waals surface area (Å²) >= 11 is 6.08. The van der Waals surface area contributed by atoms with Gasteiger partial charge in [0, 0.05) is 30.4 Å². The van der Waals surface area contributed by atoms with Gasteiger partial charge in [0.05, 0.1) is 18.1 Å². The molecule has 9 heteroatoms. The van der Waals surface area contributed by atoms with Crippen molar-refractivity contribution in [2.75, 3.05) is 31.2 Å². The average molecular weight is 529 g/mol. The largest absolute Gasteiger partial charge is 0.465 e. The third kappa shape index (κ3) is 4.39. The summed E-state index contributed by atoms with van der Waals surface area (Å²) in [5.74, 6) is -2.84. The van der Waals surface area contributed by atoms with Crippen LogP contribution in [0.25, 0.3) is 0 Å². The number of esters is 1. The van der Waals surface area contributed by atoms with Gasteiger partial charge in [-0.05, 0) is 63.3 Å². The predicted octanol–water partition coefficient (Wildman–Crippen LogP) is 3.27. The van der Waals surface area contributed by atoms with Gasteiger partial charge >= 0.3 is 5.97 Å². The number of ether oxygens (including phenoxy) is 2. The molecule has 1 aromatic carbocycles. The molecular formula is C28H33ClN2O6. The Kier molecular flexibility index (Phi) is 7.18. The molecule has 0 bridgehead atoms. The Balaban J connectivity index is 1.61. The topological polar surface area (TPSA) is 96.4 Å². The number of likely N-dealkylation sites (tertiary alicyclic amines) is 1. The number of cyclic esters (lactones) is 1. The zero-order chi connectivity index (χ0) is 26.2. The Morgan fingerprint density at radius 2 is 1.81 bits per heavy atom. The molecule has 0 aliphatic carbocycles. The maximum absolute atomic E-state index is 14.3. The third-order valence-electron chi connectivity index (χ3n) is 7.95. The number of nitrogens with zero attached hydrogens (tertiary/aromatic N) is 2. The van der Waals surface area contributed by atoms with Crippen molar-refractivity contribution < 1.29 is 29.0 Å². The predicted molar refractivity (Wildman–Crippen MR) is 138 cm³/mol. The number of aliphatic hydroxyl groups is 1. The lowest BCUT2D eigenvalue weighted by Gasteiger charge is -2.37. The Morgan fingerprint density at radius 1 is 1.03 bits per heavy atom. The zero-order valence-corrected chi connectivity index (χ0v) is 21.7. The number of carbonyl (C=O) groups is 3. The van der Waals surface area contributed by atoms with E-state index >= 15 is 0 Å². The minimum absolute atomic E-state index is 0.0136. The van der Waals surface area contributed by atoms with E-state index in [1.165, 1.54) is 0 Å². The molecule has 2 fully saturated rings. The van der Waals surface area contributed by atoms with Crippen molar-refractivity contribution >= 4 is 35.1 Å². The highest BCUT2D eigenvalue weighted by Gasteiger charge is 2.74. The number of allylic oxidation sites excluding steroid dienone is 1. The van der Waals surface area contributed by atoms with Gasteiger partial charge in [-0.15, -0.1) is 0 Å². The summed E-state index contributed by atoms with van der Waals surface area (Å²) < 4.78 is 12.4. The van der Waals surface area contributed by atoms with Crippen molar-refractivity contribution in [3.05, 3.63) is 53.6 Å². The van der Waals surface area contributed by atoms with Gasteiger partial charge in [0.15, 0.2) is 0 Å². The molecule has 2 amide bonds. The molecule has 0 aromatic heterocycles. The Labute approximate surface area is 221 Å². The van der Waals surface area contributed by atoms with Crippen molar-refractivity contribution in [1.82, 2.24) is 4.90 Å². The standard InChI is InChI=1S/C28H33ClN2O6/c1-27-13-4-2-3-7-18-36-26(35)22(27)21-24(33)31(15-5-6-17-32)23-25(34)30(16-8-14-28(21,23)37-27)20-11-9-19(29)10-12-20/h4,8-14,21-23,32H,2-3,5-7,15-18H2,1H3/b13-4-/t21-,22-,23?,27+,28-/m0/s1. The van der Waals surface area contributed by atoms with E-state index < -0.39 is 35.0 Å². The van der Waals surface area contributed by atoms with Gasteiger partial charge in [-0.3, -0.25) is 14.4 Å². The van der Waals surface area contributed by atoms with Crippen LogP contribution in [-0.4, -0.2) is 71.3 Å². The van der Waals surface area contributed by atoms with Gasteiger partial charge in [0.1, 0.15) is 17.6 Å². The highest BCUT2D eigenvalue weighted by molar-refractivity contribution is 6.30. The lowest BCUT2D eigenvalue weighted by Crippen LogP contribution is -2.56. The van der Waals surface area contributed by atoms with Gasteiger partial charge in [0.25, 0.3) is 5.91 Å². The molecule has 4 aliphatic rings. The summed E-state index contributed by atoms with van der Waals surface area (Å²) in [6.45, 7) is 2.64. The molecule has 37 heavy (non-hydrogen) atoms. The average Bonchev–Trinajstić information content (AvgIpc) is 3.19. The van der Waals surface area contributed by atoms with Crippen LogP contribution >= 0.6 is 11.6 Å². The minimum Gasteiger partial charge on any atom is -0.465 e. The maximum atomic E-state index is 14.3. The van der Waals surface area contributed by atoms with Crippen molar-refractivity contribution in [3.8, 4) is 0 Å². The molecule has 4 aliphatic heterocycles. The number of anilines is 1. The first-order chi connectivity index (χ1) is 17.8. The van der Waals surface area contributed by atoms with Gasteiger partial charge in [-0.2, -0.15) is 0 Å². The molecule has 5 atom stereocenters. The van der Waals surface area contributed by atoms with Crippen LogP contribution < -0.4 is 4.90 Å². The smallest absolute Gasteiger partial charge is 0.313 e. The number of carbonyl (C=O) groups excluding carboxylic acids is 3. The molecule has 2 saturated heterocycles. The Bertz CT molecular complexity index is 1120. The monoisotopic (exact) mass is 528 g/mol. The number of hydrogen-bond acceptors (Lipinski definition) is 6. The van der Waals surface area contributed by atoms with E-state index in [1.54, 1.807) is 34.1 Å². The van der Waals surface area contributed by atoms with E-state index in [0.717, 1.165) is 19.3 Å². The van der Waals surface area contributed by atoms with Crippen molar-refractivity contribution in [2.45, 2.75) is 56.3 Å². The number of hydrogen-bond donors (Lipinski definition) is 1. The van der Waals surface area contributed by atoms with Crippen molar-refractivity contribution in [3.63, 3.8) is 0 Å². The quantitative estimate of drug-likeness (QED) is 0.358. The number of amides is 2. The SMILES string of the molecule is C[C@@]12/C=C\CCCCOC(=O)[C@@H]1[C@H]1C(=O)N(CCCCO)C3C(=O)N(c4ccc(Cl)cc4)CC=C[C@@]31O2. The molecule has 1 N–H and O–H groups in total. The number of unbranched alkanes of at least 4 members (excludes halogenated alkanes) is 1. The molecule has 1 unspecified atom stereocenters. The molecule has 4 heterocycles. The van der Waals surface area contributed by atoms with Crippen LogP contribution in [0.5, 0.6) is 0 Å². The van der Waals surface area contributed by atoms with Crippen LogP contribution in [0.1, 0.15) is 39.0 Å². The normalized spacial score (nSPS) is 34.5. The lowest BCUT2D eigenvalue weighted by atomic mass is 9.74. The zero-order valence-electron chi connectivity index (χ0n) is 21.0. The first-order valence-electron chi connectivity index (χ1n) is 13.0. The van der Waals surface area contributed by atoms with E-state index in [2.05, 4.69) is 0 Å². The Morgan fingerprint density at radius 3 is 2.57 bits per heavy atom. The lowest BCUT2D eigenvalue weighted by molar-refractivity contribution is -0.158. The van der Waals surface area contributed by atoms with Gasteiger partial charge in [0.2, 0.25) is 5.91 Å². The summed E-state index contributed by atoms with van der Waals surface area (Å²) in [7, 11) is 0. The highest BCUT2D eigenvalue weighted by atomic mass is 35.5. The van der Waals surface area contributed by atoms with E-state index in [0.29, 0.717) is 23.6 Å². The van der Waals surface area contributed by atoms with Crippen LogP contribution in [-0.2, 0) is 23.9 Å². The number of rotatable bonds is 5. The third-order valence-corrected chi connectivity index (χ3v) is 8.20.